The number of carbonyl (C=O) groups is 1. The Bertz CT molecular complexity index is 1120. The molecule has 5 nitrogen and oxygen atoms in total. The van der Waals surface area contributed by atoms with Gasteiger partial charge in [0.15, 0.2) is 0 Å². The summed E-state index contributed by atoms with van der Waals surface area (Å²) in [7, 11) is 0. The van der Waals surface area contributed by atoms with E-state index in [-0.39, 0.29) is 5.91 Å². The molecule has 3 aromatic carbocycles. The van der Waals surface area contributed by atoms with Crippen LogP contribution < -0.4 is 11.1 Å². The van der Waals surface area contributed by atoms with Crippen molar-refractivity contribution in [2.45, 2.75) is 0 Å². The predicted octanol–water partition coefficient (Wildman–Crippen LogP) is 5.03. The van der Waals surface area contributed by atoms with E-state index in [4.69, 9.17) is 17.3 Å². The number of nitrogens with zero attached hydrogens (tertiary/aromatic N) is 2. The number of halogens is 1. The fourth-order valence-electron chi connectivity index (χ4n) is 2.87. The van der Waals surface area contributed by atoms with Crippen molar-refractivity contribution in [2.75, 3.05) is 11.1 Å². The Kier molecular flexibility index (Phi) is 4.83. The molecule has 0 saturated carbocycles. The highest BCUT2D eigenvalue weighted by Gasteiger charge is 2.11. The van der Waals surface area contributed by atoms with Gasteiger partial charge in [-0.2, -0.15) is 5.10 Å². The fraction of sp³-hybridized carbons (Fsp3) is 0. The van der Waals surface area contributed by atoms with Crippen molar-refractivity contribution in [1.82, 2.24) is 9.78 Å². The molecule has 138 valence electrons. The molecule has 4 rings (SSSR count). The van der Waals surface area contributed by atoms with E-state index in [0.717, 1.165) is 22.6 Å². The van der Waals surface area contributed by atoms with Gasteiger partial charge in [0.1, 0.15) is 5.82 Å². The number of benzene rings is 3. The van der Waals surface area contributed by atoms with E-state index < -0.39 is 0 Å². The lowest BCUT2D eigenvalue weighted by Gasteiger charge is -2.07. The molecule has 1 aromatic heterocycles. The number of anilines is 2. The number of nitrogens with two attached hydrogens (primary N) is 1. The smallest absolute Gasteiger partial charge is 0.255 e. The number of amides is 1. The van der Waals surface area contributed by atoms with Gasteiger partial charge in [0.2, 0.25) is 0 Å². The van der Waals surface area contributed by atoms with Crippen molar-refractivity contribution < 1.29 is 4.79 Å². The zero-order valence-electron chi connectivity index (χ0n) is 14.8. The topological polar surface area (TPSA) is 72.9 Å². The molecule has 0 radical (unpaired) electrons. The lowest BCUT2D eigenvalue weighted by molar-refractivity contribution is 0.102. The van der Waals surface area contributed by atoms with Gasteiger partial charge in [-0.05, 0) is 48.5 Å². The summed E-state index contributed by atoms with van der Waals surface area (Å²) in [6.07, 6.45) is 0. The third kappa shape index (κ3) is 3.75. The van der Waals surface area contributed by atoms with Gasteiger partial charge in [0.05, 0.1) is 11.4 Å². The molecule has 0 bridgehead atoms. The molecular formula is C22H17ClN4O. The number of hydrogen-bond acceptors (Lipinski definition) is 3. The second kappa shape index (κ2) is 7.58. The zero-order valence-corrected chi connectivity index (χ0v) is 15.6. The highest BCUT2D eigenvalue weighted by molar-refractivity contribution is 6.30. The van der Waals surface area contributed by atoms with E-state index in [1.54, 1.807) is 22.9 Å². The predicted molar refractivity (Wildman–Crippen MR) is 113 cm³/mol. The Morgan fingerprint density at radius 3 is 2.39 bits per heavy atom. The number of para-hydroxylation sites is 1. The molecule has 0 unspecified atom stereocenters. The van der Waals surface area contributed by atoms with E-state index in [0.29, 0.717) is 16.4 Å². The van der Waals surface area contributed by atoms with Crippen LogP contribution >= 0.6 is 11.6 Å². The monoisotopic (exact) mass is 388 g/mol. The molecule has 0 fully saturated rings. The maximum Gasteiger partial charge on any atom is 0.255 e. The highest BCUT2D eigenvalue weighted by atomic mass is 35.5. The Labute approximate surface area is 167 Å². The summed E-state index contributed by atoms with van der Waals surface area (Å²) >= 11 is 6.06. The summed E-state index contributed by atoms with van der Waals surface area (Å²) in [5.74, 6) is 0.322. The number of rotatable bonds is 4. The number of carbonyl (C=O) groups excluding carboxylic acids is 1. The fourth-order valence-corrected chi connectivity index (χ4v) is 3.06. The average Bonchev–Trinajstić information content (AvgIpc) is 3.10. The first kappa shape index (κ1) is 17.8. The zero-order chi connectivity index (χ0) is 19.5. The Morgan fingerprint density at radius 1 is 0.929 bits per heavy atom. The lowest BCUT2D eigenvalue weighted by atomic mass is 10.1. The van der Waals surface area contributed by atoms with Crippen LogP contribution in [0.25, 0.3) is 16.9 Å². The van der Waals surface area contributed by atoms with E-state index in [1.165, 1.54) is 0 Å². The highest BCUT2D eigenvalue weighted by Crippen LogP contribution is 2.25. The lowest BCUT2D eigenvalue weighted by Crippen LogP contribution is -2.12. The quantitative estimate of drug-likeness (QED) is 0.515. The third-order valence-electron chi connectivity index (χ3n) is 4.26. The van der Waals surface area contributed by atoms with Crippen molar-refractivity contribution in [3.63, 3.8) is 0 Å². The molecule has 1 amide bonds. The van der Waals surface area contributed by atoms with Crippen LogP contribution in [0.2, 0.25) is 5.02 Å². The molecule has 0 atom stereocenters. The van der Waals surface area contributed by atoms with Crippen LogP contribution in [0.4, 0.5) is 11.5 Å². The van der Waals surface area contributed by atoms with Crippen molar-refractivity contribution in [3.8, 4) is 16.9 Å². The molecule has 0 aliphatic heterocycles. The number of nitrogen functional groups attached to an aromatic ring is 1. The van der Waals surface area contributed by atoms with Gasteiger partial charge < -0.3 is 11.1 Å². The first-order valence-electron chi connectivity index (χ1n) is 8.68. The number of hydrogen-bond donors (Lipinski definition) is 2. The molecular weight excluding hydrogens is 372 g/mol. The summed E-state index contributed by atoms with van der Waals surface area (Å²) in [5, 5.41) is 8.07. The molecule has 0 saturated heterocycles. The molecule has 0 aliphatic rings. The van der Waals surface area contributed by atoms with Crippen LogP contribution in [0.1, 0.15) is 10.4 Å². The second-order valence-electron chi connectivity index (χ2n) is 6.24. The Morgan fingerprint density at radius 2 is 1.68 bits per heavy atom. The SMILES string of the molecule is Nc1cc(-c2cccc(Cl)c2)nn1-c1ccc(C(=O)Nc2ccccc2)cc1. The largest absolute Gasteiger partial charge is 0.384 e. The standard InChI is InChI=1S/C22H17ClN4O/c23-17-6-4-5-16(13-17)20-14-21(24)27(26-20)19-11-9-15(10-12-19)22(28)25-18-7-2-1-3-8-18/h1-14H,24H2,(H,25,28). The van der Waals surface area contributed by atoms with Gasteiger partial charge in [-0.25, -0.2) is 4.68 Å². The number of nitrogens with one attached hydrogen (secondary N) is 1. The van der Waals surface area contributed by atoms with Crippen LogP contribution in [0.5, 0.6) is 0 Å². The molecule has 4 aromatic rings. The van der Waals surface area contributed by atoms with Crippen LogP contribution in [-0.4, -0.2) is 15.7 Å². The van der Waals surface area contributed by atoms with Gasteiger partial charge in [0, 0.05) is 27.9 Å². The summed E-state index contributed by atoms with van der Waals surface area (Å²) in [6.45, 7) is 0. The van der Waals surface area contributed by atoms with Crippen molar-refractivity contribution in [3.05, 3.63) is 95.5 Å². The molecule has 28 heavy (non-hydrogen) atoms. The van der Waals surface area contributed by atoms with E-state index in [1.807, 2.05) is 66.7 Å². The minimum absolute atomic E-state index is 0.175. The second-order valence-corrected chi connectivity index (χ2v) is 6.68. The van der Waals surface area contributed by atoms with Gasteiger partial charge in [-0.1, -0.05) is 41.9 Å². The Hall–Kier alpha value is -3.57. The minimum Gasteiger partial charge on any atom is -0.384 e. The van der Waals surface area contributed by atoms with E-state index >= 15 is 0 Å². The van der Waals surface area contributed by atoms with E-state index in [9.17, 15) is 4.79 Å². The molecule has 0 aliphatic carbocycles. The molecule has 1 heterocycles. The van der Waals surface area contributed by atoms with Crippen molar-refractivity contribution in [2.24, 2.45) is 0 Å². The van der Waals surface area contributed by atoms with Gasteiger partial charge >= 0.3 is 0 Å². The normalized spacial score (nSPS) is 10.6. The van der Waals surface area contributed by atoms with Gasteiger partial charge in [-0.3, -0.25) is 4.79 Å². The van der Waals surface area contributed by atoms with Gasteiger partial charge in [-0.15, -0.1) is 0 Å². The average molecular weight is 389 g/mol. The number of aromatic nitrogens is 2. The molecule has 0 spiro atoms. The first-order valence-corrected chi connectivity index (χ1v) is 9.06. The van der Waals surface area contributed by atoms with Crippen molar-refractivity contribution in [1.29, 1.82) is 0 Å². The maximum atomic E-state index is 12.4. The van der Waals surface area contributed by atoms with Crippen molar-refractivity contribution >= 4 is 29.0 Å². The van der Waals surface area contributed by atoms with Crippen LogP contribution in [0.15, 0.2) is 84.9 Å². The van der Waals surface area contributed by atoms with Crippen LogP contribution in [0, 0.1) is 0 Å². The summed E-state index contributed by atoms with van der Waals surface area (Å²) < 4.78 is 1.63. The maximum absolute atomic E-state index is 12.4. The van der Waals surface area contributed by atoms with E-state index in [2.05, 4.69) is 10.4 Å². The Balaban J connectivity index is 1.56. The summed E-state index contributed by atoms with van der Waals surface area (Å²) in [4.78, 5) is 12.4. The first-order chi connectivity index (χ1) is 13.6. The third-order valence-corrected chi connectivity index (χ3v) is 4.50. The molecule has 6 heteroatoms. The van der Waals surface area contributed by atoms with Gasteiger partial charge in [0.25, 0.3) is 5.91 Å². The van der Waals surface area contributed by atoms with Crippen LogP contribution in [-0.2, 0) is 0 Å². The molecule has 3 N–H and O–H groups in total. The minimum atomic E-state index is -0.175. The summed E-state index contributed by atoms with van der Waals surface area (Å²) in [6, 6.07) is 25.7. The summed E-state index contributed by atoms with van der Waals surface area (Å²) in [5.41, 5.74) is 9.81. The van der Waals surface area contributed by atoms with Crippen LogP contribution in [0.3, 0.4) is 0 Å².